The van der Waals surface area contributed by atoms with Gasteiger partial charge < -0.3 is 50.9 Å². The number of aliphatic hydroxyl groups is 2. The number of benzene rings is 4. The molecule has 0 aromatic heterocycles. The predicted octanol–water partition coefficient (Wildman–Crippen LogP) is 12.5. The van der Waals surface area contributed by atoms with Crippen LogP contribution in [0, 0.1) is 87.8 Å². The number of carbonyl (C=O) groups excluding carboxylic acids is 3. The largest absolute Gasteiger partial charge is 0.508 e. The molecule has 6 fully saturated rings. The van der Waals surface area contributed by atoms with E-state index in [9.17, 15) is 20.1 Å². The summed E-state index contributed by atoms with van der Waals surface area (Å²) < 4.78 is 13.7. The zero-order chi connectivity index (χ0) is 63.1. The number of aromatic hydroxyl groups is 1. The molecule has 0 radical (unpaired) electrons. The quantitative estimate of drug-likeness (QED) is 0.0505. The van der Waals surface area contributed by atoms with Crippen LogP contribution in [0.25, 0.3) is 16.7 Å². The molecule has 6 aliphatic heterocycles. The van der Waals surface area contributed by atoms with Gasteiger partial charge in [-0.25, -0.2) is 9.59 Å². The lowest BCUT2D eigenvalue weighted by Crippen LogP contribution is -2.54. The molecule has 2 saturated heterocycles. The first-order valence-electron chi connectivity index (χ1n) is 35.4. The number of aldehydes is 1. The van der Waals surface area contributed by atoms with Crippen LogP contribution in [0.3, 0.4) is 0 Å². The van der Waals surface area contributed by atoms with Gasteiger partial charge in [-0.2, -0.15) is 0 Å². The molecule has 4 aromatic carbocycles. The van der Waals surface area contributed by atoms with Crippen molar-refractivity contribution in [2.24, 2.45) is 75.9 Å². The van der Waals surface area contributed by atoms with Crippen LogP contribution >= 0.6 is 0 Å². The summed E-state index contributed by atoms with van der Waals surface area (Å²) in [5, 5.41) is 53.1. The van der Waals surface area contributed by atoms with Crippen molar-refractivity contribution in [3.63, 3.8) is 0 Å². The molecule has 6 heterocycles. The standard InChI is InChI=1S/C80H94N4O8/c1-4-48(38-49-12-6-5-7-13-49)41-68-79-34-27-60-61-24-25-62-67(91-75(87)71(62)72(61)79)28-33-78(56-30-36-83-69(42-56)81-3)44-64-59-22-19-55-18-8-9-32-80(55,90)66(59)26-20-54(31-37-85)77(2,89)47-84-74(65(64)45-78)53-17-10-14-50(39-53)29-35-82-46-51-15-11-16-52(40-51)58-23-21-57(86)43-63(58)70(60)73(79)76(88)92-68/h5-7,10-17,21,23,28,37,39-41,43,48,54-56,59-61,64-66,69,72,74,81-84,86,89-90H,4,8-9,18-19,22,24-25,27,29-36,38,42,44-47H2,1-3H3/b67-28?,68-41-/t48-,54+,55-,56+,59-,60+,61-,64+,65+,66+,69+,72+,74-,77+,78+,79+,80+/m0/s1. The van der Waals surface area contributed by atoms with Crippen molar-refractivity contribution in [1.82, 2.24) is 21.3 Å². The molecule has 0 unspecified atom stereocenters. The van der Waals surface area contributed by atoms with Gasteiger partial charge in [0.2, 0.25) is 0 Å². The Kier molecular flexibility index (Phi) is 16.6. The maximum Gasteiger partial charge on any atom is 0.340 e. The third kappa shape index (κ3) is 10.6. The Morgan fingerprint density at radius 3 is 2.47 bits per heavy atom. The van der Waals surface area contributed by atoms with E-state index < -0.39 is 22.5 Å². The molecule has 0 amide bonds. The number of nitrogens with one attached hydrogen (secondary N) is 4. The summed E-state index contributed by atoms with van der Waals surface area (Å²) in [7, 11) is 2.05. The number of allylic oxidation sites excluding steroid dienone is 5. The fraction of sp³-hybridized carbons (Fsp3) is 0.537. The van der Waals surface area contributed by atoms with E-state index in [4.69, 9.17) is 9.47 Å². The third-order valence-corrected chi connectivity index (χ3v) is 25.6. The number of esters is 2. The Morgan fingerprint density at radius 1 is 0.772 bits per heavy atom. The highest BCUT2D eigenvalue weighted by atomic mass is 16.6. The fourth-order valence-electron chi connectivity index (χ4n) is 21.1. The van der Waals surface area contributed by atoms with E-state index in [0.717, 1.165) is 143 Å². The number of rotatable bonds is 8. The predicted molar refractivity (Wildman–Crippen MR) is 356 cm³/mol. The molecule has 14 bridgehead atoms. The minimum atomic E-state index is -1.36. The Morgan fingerprint density at radius 2 is 1.62 bits per heavy atom. The van der Waals surface area contributed by atoms with Crippen molar-refractivity contribution in [2.75, 3.05) is 26.7 Å². The summed E-state index contributed by atoms with van der Waals surface area (Å²) in [5.74, 6) is 7.49. The van der Waals surface area contributed by atoms with Crippen molar-refractivity contribution in [3.8, 4) is 28.7 Å². The molecule has 4 aromatic rings. The second-order valence-electron chi connectivity index (χ2n) is 30.2. The summed E-state index contributed by atoms with van der Waals surface area (Å²) in [4.78, 5) is 43.7. The number of hydrogen-bond acceptors (Lipinski definition) is 12. The number of cyclic esters (lactones) is 1. The van der Waals surface area contributed by atoms with Crippen molar-refractivity contribution in [3.05, 3.63) is 165 Å². The van der Waals surface area contributed by atoms with Gasteiger partial charge in [0, 0.05) is 42.6 Å². The molecule has 17 atom stereocenters. The minimum absolute atomic E-state index is 0.00913. The first-order valence-corrected chi connectivity index (χ1v) is 35.4. The summed E-state index contributed by atoms with van der Waals surface area (Å²) >= 11 is 0. The molecule has 1 spiro atoms. The van der Waals surface area contributed by atoms with Crippen LogP contribution in [0.2, 0.25) is 0 Å². The van der Waals surface area contributed by atoms with Gasteiger partial charge in [0.1, 0.15) is 23.6 Å². The van der Waals surface area contributed by atoms with Crippen LogP contribution in [0.15, 0.2) is 137 Å². The van der Waals surface area contributed by atoms with Gasteiger partial charge in [0.05, 0.1) is 40.2 Å². The Bertz CT molecular complexity index is 3740. The second kappa shape index (κ2) is 24.7. The van der Waals surface area contributed by atoms with Crippen molar-refractivity contribution in [1.29, 1.82) is 0 Å². The number of phenols is 1. The van der Waals surface area contributed by atoms with Crippen LogP contribution in [-0.2, 0) is 43.2 Å². The average Bonchev–Trinajstić information content (AvgIpc) is 1.41. The van der Waals surface area contributed by atoms with Crippen LogP contribution in [-0.4, -0.2) is 77.6 Å². The summed E-state index contributed by atoms with van der Waals surface area (Å²) in [6, 6.07) is 33.7. The number of hydrogen-bond donors (Lipinski definition) is 7. The van der Waals surface area contributed by atoms with Gasteiger partial charge in [0.25, 0.3) is 0 Å². The zero-order valence-corrected chi connectivity index (χ0v) is 54.1. The van der Waals surface area contributed by atoms with E-state index in [1.54, 1.807) is 6.07 Å². The lowest BCUT2D eigenvalue weighted by molar-refractivity contribution is -0.135. The van der Waals surface area contributed by atoms with E-state index in [2.05, 4.69) is 132 Å². The average molecular weight is 1240 g/mol. The van der Waals surface area contributed by atoms with E-state index >= 15 is 9.59 Å². The van der Waals surface area contributed by atoms with Gasteiger partial charge in [-0.05, 0) is 257 Å². The molecule has 4 saturated carbocycles. The Balaban J connectivity index is 0.922. The molecular weight excluding hydrogens is 1140 g/mol. The van der Waals surface area contributed by atoms with Crippen LogP contribution in [0.5, 0.6) is 5.75 Å². The van der Waals surface area contributed by atoms with Crippen molar-refractivity contribution >= 4 is 23.8 Å². The number of phenolic OH excluding ortho intramolecular Hbond substituents is 1. The first kappa shape index (κ1) is 61.7. The molecule has 12 heteroatoms. The molecule has 17 rings (SSSR count). The SMILES string of the molecule is CC[C@H](/C=C1\OC(=O)C2=C3c4cc(O)ccc4-c4cccc(c4)CNCCc4cccc(c4)[C@@H]4NC[C@@](C)(O)[C@@H](CC=O)C#C[C@@H]5[C@@H](CC[C@@H]6CCCC[C@@]65O)[C@H]5C[C@]([C@@H]6CCN[C@@H](NC)C6)(CC=C6OC(=O)C7=C6CC[C@H]6[C@H]3CC[C@@]21[C@@H]76)C[C@H]54)Cc1ccccc1. The number of carbonyl (C=O) groups is 3. The molecule has 7 aliphatic carbocycles. The lowest BCUT2D eigenvalue weighted by atomic mass is 9.44. The first-order chi connectivity index (χ1) is 44.7. The smallest absolute Gasteiger partial charge is 0.340 e. The Labute approximate surface area is 544 Å². The number of β-amino-alcohol motifs (C(OH)–C–C–N with tert-alkyl or cyclic N) is 1. The molecule has 7 N–H and O–H groups in total. The third-order valence-electron chi connectivity index (χ3n) is 25.6. The topological polar surface area (TPSA) is 178 Å². The van der Waals surface area contributed by atoms with Gasteiger partial charge in [-0.15, -0.1) is 0 Å². The lowest BCUT2D eigenvalue weighted by Gasteiger charge is -2.56. The summed E-state index contributed by atoms with van der Waals surface area (Å²) in [5.41, 5.74) is 7.23. The van der Waals surface area contributed by atoms with E-state index in [0.29, 0.717) is 54.9 Å². The van der Waals surface area contributed by atoms with Crippen molar-refractivity contribution in [2.45, 2.75) is 166 Å². The van der Waals surface area contributed by atoms with Crippen LogP contribution in [0.4, 0.5) is 0 Å². The zero-order valence-electron chi connectivity index (χ0n) is 54.1. The van der Waals surface area contributed by atoms with Crippen molar-refractivity contribution < 1.29 is 39.2 Å². The second-order valence-corrected chi connectivity index (χ2v) is 30.2. The number of ether oxygens (including phenoxy) is 2. The number of piperidine rings is 1. The molecule has 13 aliphatic rings. The van der Waals surface area contributed by atoms with Crippen LogP contribution in [0.1, 0.15) is 157 Å². The highest BCUT2D eigenvalue weighted by Gasteiger charge is 2.69. The monoisotopic (exact) mass is 1240 g/mol. The van der Waals surface area contributed by atoms with E-state index in [1.165, 1.54) is 16.7 Å². The van der Waals surface area contributed by atoms with Gasteiger partial charge in [-0.3, -0.25) is 0 Å². The summed E-state index contributed by atoms with van der Waals surface area (Å²) in [6.07, 6.45) is 21.0. The molecule has 12 nitrogen and oxygen atoms in total. The van der Waals surface area contributed by atoms with Gasteiger partial charge in [0.15, 0.2) is 0 Å². The maximum absolute atomic E-state index is 15.6. The van der Waals surface area contributed by atoms with Crippen LogP contribution < -0.4 is 21.3 Å². The molecular formula is C80H94N4O8. The molecule has 482 valence electrons. The highest BCUT2D eigenvalue weighted by molar-refractivity contribution is 6.07. The highest BCUT2D eigenvalue weighted by Crippen LogP contribution is 2.73. The van der Waals surface area contributed by atoms with Gasteiger partial charge in [-0.1, -0.05) is 110 Å². The fourth-order valence-corrected chi connectivity index (χ4v) is 21.1. The maximum atomic E-state index is 15.6. The Hall–Kier alpha value is -6.43. The van der Waals surface area contributed by atoms with E-state index in [-0.39, 0.29) is 107 Å². The van der Waals surface area contributed by atoms with Gasteiger partial charge >= 0.3 is 11.9 Å². The normalized spacial score (nSPS) is 37.2. The van der Waals surface area contributed by atoms with E-state index in [1.807, 2.05) is 25.1 Å². The summed E-state index contributed by atoms with van der Waals surface area (Å²) in [6.45, 7) is 6.51. The number of fused-ring (bicyclic) bond motifs is 9. The minimum Gasteiger partial charge on any atom is -0.508 e. The molecule has 92 heavy (non-hydrogen) atoms.